The van der Waals surface area contributed by atoms with Gasteiger partial charge in [-0.05, 0) is 19.9 Å². The van der Waals surface area contributed by atoms with E-state index < -0.39 is 11.5 Å². The van der Waals surface area contributed by atoms with E-state index in [1.54, 1.807) is 19.9 Å². The molecule has 5 nitrogen and oxygen atoms in total. The van der Waals surface area contributed by atoms with Gasteiger partial charge in [-0.3, -0.25) is 0 Å². The Bertz CT molecular complexity index is 381. The summed E-state index contributed by atoms with van der Waals surface area (Å²) in [7, 11) is 1.31. The van der Waals surface area contributed by atoms with Crippen molar-refractivity contribution in [2.24, 2.45) is 5.73 Å². The standard InChI is InChI=1S/C11H17NO4/c1-7-9(10(14)15-3)4-8(16-7)5-11(2,12)6-13/h4,13H,5-6,12H2,1-3H3. The van der Waals surface area contributed by atoms with E-state index in [-0.39, 0.29) is 6.61 Å². The van der Waals surface area contributed by atoms with Crippen LogP contribution in [0, 0.1) is 6.92 Å². The van der Waals surface area contributed by atoms with Crippen LogP contribution in [0.25, 0.3) is 0 Å². The van der Waals surface area contributed by atoms with E-state index in [0.29, 0.717) is 23.5 Å². The van der Waals surface area contributed by atoms with Crippen LogP contribution < -0.4 is 5.73 Å². The predicted octanol–water partition coefficient (Wildman–Crippen LogP) is 0.627. The summed E-state index contributed by atoms with van der Waals surface area (Å²) in [5.41, 5.74) is 5.43. The normalized spacial score (nSPS) is 14.6. The fourth-order valence-electron chi connectivity index (χ4n) is 1.40. The average Bonchev–Trinajstić information content (AvgIpc) is 2.57. The zero-order valence-corrected chi connectivity index (χ0v) is 9.74. The number of ether oxygens (including phenoxy) is 1. The minimum Gasteiger partial charge on any atom is -0.465 e. The van der Waals surface area contributed by atoms with Crippen molar-refractivity contribution in [1.82, 2.24) is 0 Å². The molecule has 0 bridgehead atoms. The molecule has 0 aromatic carbocycles. The van der Waals surface area contributed by atoms with Gasteiger partial charge in [0.1, 0.15) is 17.1 Å². The zero-order chi connectivity index (χ0) is 12.3. The quantitative estimate of drug-likeness (QED) is 0.737. The Hall–Kier alpha value is -1.33. The van der Waals surface area contributed by atoms with Crippen molar-refractivity contribution < 1.29 is 19.1 Å². The highest BCUT2D eigenvalue weighted by Crippen LogP contribution is 2.19. The Labute approximate surface area is 94.2 Å². The number of hydrogen-bond donors (Lipinski definition) is 2. The molecule has 0 aliphatic rings. The number of aliphatic hydroxyl groups excluding tert-OH is 1. The smallest absolute Gasteiger partial charge is 0.341 e. The molecule has 1 atom stereocenters. The Kier molecular flexibility index (Phi) is 3.72. The van der Waals surface area contributed by atoms with E-state index in [2.05, 4.69) is 4.74 Å². The van der Waals surface area contributed by atoms with Crippen LogP contribution in [-0.2, 0) is 11.2 Å². The maximum atomic E-state index is 11.3. The van der Waals surface area contributed by atoms with E-state index in [1.807, 2.05) is 0 Å². The minimum atomic E-state index is -0.752. The van der Waals surface area contributed by atoms with Crippen LogP contribution in [0.3, 0.4) is 0 Å². The molecule has 0 saturated heterocycles. The van der Waals surface area contributed by atoms with E-state index >= 15 is 0 Å². The monoisotopic (exact) mass is 227 g/mol. The fourth-order valence-corrected chi connectivity index (χ4v) is 1.40. The highest BCUT2D eigenvalue weighted by Gasteiger charge is 2.22. The number of furan rings is 1. The van der Waals surface area contributed by atoms with Crippen LogP contribution in [-0.4, -0.2) is 30.3 Å². The summed E-state index contributed by atoms with van der Waals surface area (Å²) in [5, 5.41) is 9.03. The summed E-state index contributed by atoms with van der Waals surface area (Å²) in [6.45, 7) is 3.24. The molecule has 1 aromatic heterocycles. The van der Waals surface area contributed by atoms with Gasteiger partial charge in [-0.1, -0.05) is 0 Å². The second-order valence-corrected chi connectivity index (χ2v) is 4.16. The van der Waals surface area contributed by atoms with Crippen molar-refractivity contribution in [1.29, 1.82) is 0 Å². The third-order valence-electron chi connectivity index (χ3n) is 2.31. The van der Waals surface area contributed by atoms with Crippen LogP contribution in [0.4, 0.5) is 0 Å². The van der Waals surface area contributed by atoms with Gasteiger partial charge in [0, 0.05) is 12.0 Å². The van der Waals surface area contributed by atoms with Gasteiger partial charge in [0.15, 0.2) is 0 Å². The van der Waals surface area contributed by atoms with E-state index in [4.69, 9.17) is 15.3 Å². The molecule has 1 unspecified atom stereocenters. The van der Waals surface area contributed by atoms with Gasteiger partial charge in [-0.25, -0.2) is 4.79 Å². The molecule has 0 aliphatic heterocycles. The van der Waals surface area contributed by atoms with Crippen LogP contribution in [0.5, 0.6) is 0 Å². The SMILES string of the molecule is COC(=O)c1cc(CC(C)(N)CO)oc1C. The van der Waals surface area contributed by atoms with Crippen molar-refractivity contribution >= 4 is 5.97 Å². The predicted molar refractivity (Wildman–Crippen MR) is 58.2 cm³/mol. The summed E-state index contributed by atoms with van der Waals surface area (Å²) >= 11 is 0. The Morgan fingerprint density at radius 3 is 2.81 bits per heavy atom. The van der Waals surface area contributed by atoms with E-state index in [0.717, 1.165) is 0 Å². The summed E-state index contributed by atoms with van der Waals surface area (Å²) in [4.78, 5) is 11.3. The molecule has 0 radical (unpaired) electrons. The molecule has 5 heteroatoms. The van der Waals surface area contributed by atoms with E-state index in [1.165, 1.54) is 7.11 Å². The van der Waals surface area contributed by atoms with Gasteiger partial charge in [0.2, 0.25) is 0 Å². The number of esters is 1. The number of nitrogens with two attached hydrogens (primary N) is 1. The van der Waals surface area contributed by atoms with Crippen molar-refractivity contribution in [3.05, 3.63) is 23.2 Å². The number of methoxy groups -OCH3 is 1. The number of hydrogen-bond acceptors (Lipinski definition) is 5. The maximum Gasteiger partial charge on any atom is 0.341 e. The third kappa shape index (κ3) is 2.84. The average molecular weight is 227 g/mol. The van der Waals surface area contributed by atoms with Crippen LogP contribution >= 0.6 is 0 Å². The van der Waals surface area contributed by atoms with Gasteiger partial charge in [-0.2, -0.15) is 0 Å². The lowest BCUT2D eigenvalue weighted by Gasteiger charge is -2.19. The Morgan fingerprint density at radius 2 is 2.31 bits per heavy atom. The third-order valence-corrected chi connectivity index (χ3v) is 2.31. The fraction of sp³-hybridized carbons (Fsp3) is 0.545. The highest BCUT2D eigenvalue weighted by atomic mass is 16.5. The van der Waals surface area contributed by atoms with Gasteiger partial charge in [0.25, 0.3) is 0 Å². The molecular weight excluding hydrogens is 210 g/mol. The summed E-state index contributed by atoms with van der Waals surface area (Å²) < 4.78 is 9.99. The van der Waals surface area contributed by atoms with Crippen molar-refractivity contribution in [2.45, 2.75) is 25.8 Å². The first-order valence-electron chi connectivity index (χ1n) is 4.97. The van der Waals surface area contributed by atoms with Crippen LogP contribution in [0.2, 0.25) is 0 Å². The Morgan fingerprint density at radius 1 is 1.69 bits per heavy atom. The first kappa shape index (κ1) is 12.7. The molecule has 16 heavy (non-hydrogen) atoms. The first-order chi connectivity index (χ1) is 7.39. The maximum absolute atomic E-state index is 11.3. The molecular formula is C11H17NO4. The largest absolute Gasteiger partial charge is 0.465 e. The first-order valence-corrected chi connectivity index (χ1v) is 4.97. The lowest BCUT2D eigenvalue weighted by molar-refractivity contribution is 0.0599. The Balaban J connectivity index is 2.89. The lowest BCUT2D eigenvalue weighted by Crippen LogP contribution is -2.42. The molecule has 1 rings (SSSR count). The molecule has 1 heterocycles. The number of aryl methyl sites for hydroxylation is 1. The summed E-state index contributed by atoms with van der Waals surface area (Å²) in [6.07, 6.45) is 0.362. The van der Waals surface area contributed by atoms with Crippen molar-refractivity contribution in [3.8, 4) is 0 Å². The van der Waals surface area contributed by atoms with Crippen LogP contribution in [0.1, 0.15) is 28.8 Å². The van der Waals surface area contributed by atoms with Crippen molar-refractivity contribution in [2.75, 3.05) is 13.7 Å². The van der Waals surface area contributed by atoms with Crippen molar-refractivity contribution in [3.63, 3.8) is 0 Å². The van der Waals surface area contributed by atoms with Crippen LogP contribution in [0.15, 0.2) is 10.5 Å². The molecule has 0 saturated carbocycles. The minimum absolute atomic E-state index is 0.152. The molecule has 0 spiro atoms. The van der Waals surface area contributed by atoms with Gasteiger partial charge in [-0.15, -0.1) is 0 Å². The topological polar surface area (TPSA) is 85.7 Å². The highest BCUT2D eigenvalue weighted by molar-refractivity contribution is 5.90. The molecule has 0 aliphatic carbocycles. The number of carbonyl (C=O) groups is 1. The molecule has 3 N–H and O–H groups in total. The second kappa shape index (κ2) is 4.67. The van der Waals surface area contributed by atoms with Gasteiger partial charge < -0.3 is 20.0 Å². The number of carbonyl (C=O) groups excluding carboxylic acids is 1. The zero-order valence-electron chi connectivity index (χ0n) is 9.74. The van der Waals surface area contributed by atoms with Gasteiger partial charge in [0.05, 0.1) is 13.7 Å². The summed E-state index contributed by atoms with van der Waals surface area (Å²) in [6, 6.07) is 1.60. The molecule has 0 fully saturated rings. The second-order valence-electron chi connectivity index (χ2n) is 4.16. The number of rotatable bonds is 4. The summed E-state index contributed by atoms with van der Waals surface area (Å²) in [5.74, 6) is 0.628. The number of aliphatic hydroxyl groups is 1. The molecule has 90 valence electrons. The van der Waals surface area contributed by atoms with Gasteiger partial charge >= 0.3 is 5.97 Å². The molecule has 1 aromatic rings. The van der Waals surface area contributed by atoms with E-state index in [9.17, 15) is 4.79 Å². The molecule has 0 amide bonds. The lowest BCUT2D eigenvalue weighted by atomic mass is 9.99.